The Hall–Kier alpha value is -1.99. The van der Waals surface area contributed by atoms with Crippen LogP contribution in [0.1, 0.15) is 11.4 Å². The minimum absolute atomic E-state index is 0.569. The van der Waals surface area contributed by atoms with Gasteiger partial charge in [0.1, 0.15) is 11.9 Å². The van der Waals surface area contributed by atoms with Crippen molar-refractivity contribution in [2.24, 2.45) is 7.05 Å². The number of nitrogens with zero attached hydrogens (tertiary/aromatic N) is 4. The van der Waals surface area contributed by atoms with E-state index in [1.807, 2.05) is 35.8 Å². The van der Waals surface area contributed by atoms with Crippen LogP contribution in [0.25, 0.3) is 0 Å². The van der Waals surface area contributed by atoms with Gasteiger partial charge in [-0.25, -0.2) is 4.98 Å². The van der Waals surface area contributed by atoms with Crippen molar-refractivity contribution in [3.05, 3.63) is 47.0 Å². The number of hydrogen-bond acceptors (Lipinski definition) is 3. The minimum atomic E-state index is 0.569. The summed E-state index contributed by atoms with van der Waals surface area (Å²) >= 11 is 5.88. The molecule has 1 heterocycles. The number of hydrogen-bond donors (Lipinski definition) is 0. The number of anilines is 1. The van der Waals surface area contributed by atoms with E-state index in [2.05, 4.69) is 11.1 Å². The highest BCUT2D eigenvalue weighted by atomic mass is 35.5. The summed E-state index contributed by atoms with van der Waals surface area (Å²) in [6.07, 6.45) is 3.66. The number of aryl methyl sites for hydroxylation is 1. The third kappa shape index (κ3) is 2.47. The summed E-state index contributed by atoms with van der Waals surface area (Å²) < 4.78 is 1.96. The molecule has 4 nitrogen and oxygen atoms in total. The van der Waals surface area contributed by atoms with Gasteiger partial charge in [0.05, 0.1) is 17.8 Å². The van der Waals surface area contributed by atoms with E-state index in [1.54, 1.807) is 18.3 Å². The molecule has 0 aliphatic heterocycles. The van der Waals surface area contributed by atoms with Gasteiger partial charge in [-0.2, -0.15) is 5.26 Å². The summed E-state index contributed by atoms with van der Waals surface area (Å²) in [6, 6.07) is 7.47. The van der Waals surface area contributed by atoms with Crippen LogP contribution in [0.3, 0.4) is 0 Å². The maximum Gasteiger partial charge on any atom is 0.127 e. The predicted octanol–water partition coefficient (Wildman–Crippen LogP) is 2.58. The lowest BCUT2D eigenvalue weighted by atomic mass is 10.2. The molecular formula is C13H13ClN4. The fourth-order valence-electron chi connectivity index (χ4n) is 1.78. The van der Waals surface area contributed by atoms with Gasteiger partial charge in [0, 0.05) is 31.5 Å². The standard InChI is InChI=1S/C13H13ClN4/c1-17-6-5-16-13(17)9-18(2)12-4-3-11(14)7-10(12)8-15/h3-7H,9H2,1-2H3. The Kier molecular flexibility index (Phi) is 3.54. The molecule has 0 saturated heterocycles. The molecule has 0 N–H and O–H groups in total. The van der Waals surface area contributed by atoms with Crippen molar-refractivity contribution in [3.63, 3.8) is 0 Å². The molecule has 1 aromatic carbocycles. The zero-order chi connectivity index (χ0) is 13.1. The van der Waals surface area contributed by atoms with E-state index in [-0.39, 0.29) is 0 Å². The first-order valence-corrected chi connectivity index (χ1v) is 5.86. The highest BCUT2D eigenvalue weighted by Gasteiger charge is 2.10. The number of imidazole rings is 1. The van der Waals surface area contributed by atoms with Crippen molar-refractivity contribution in [1.82, 2.24) is 9.55 Å². The van der Waals surface area contributed by atoms with Crippen molar-refractivity contribution in [3.8, 4) is 6.07 Å². The van der Waals surface area contributed by atoms with Crippen molar-refractivity contribution in [2.75, 3.05) is 11.9 Å². The number of halogens is 1. The van der Waals surface area contributed by atoms with E-state index >= 15 is 0 Å². The maximum atomic E-state index is 9.12. The van der Waals surface area contributed by atoms with E-state index in [0.717, 1.165) is 11.5 Å². The molecule has 0 fully saturated rings. The van der Waals surface area contributed by atoms with Gasteiger partial charge in [0.15, 0.2) is 0 Å². The lowest BCUT2D eigenvalue weighted by Gasteiger charge is -2.20. The molecule has 18 heavy (non-hydrogen) atoms. The maximum absolute atomic E-state index is 9.12. The zero-order valence-corrected chi connectivity index (χ0v) is 11.0. The van der Waals surface area contributed by atoms with Gasteiger partial charge < -0.3 is 9.47 Å². The molecule has 92 valence electrons. The highest BCUT2D eigenvalue weighted by Crippen LogP contribution is 2.23. The van der Waals surface area contributed by atoms with E-state index in [0.29, 0.717) is 17.1 Å². The van der Waals surface area contributed by atoms with Gasteiger partial charge in [-0.15, -0.1) is 0 Å². The van der Waals surface area contributed by atoms with Crippen LogP contribution in [0.2, 0.25) is 5.02 Å². The second-order valence-corrected chi connectivity index (χ2v) is 4.52. The molecule has 0 radical (unpaired) electrons. The van der Waals surface area contributed by atoms with Gasteiger partial charge in [-0.05, 0) is 18.2 Å². The number of nitriles is 1. The largest absolute Gasteiger partial charge is 0.366 e. The first-order chi connectivity index (χ1) is 8.61. The minimum Gasteiger partial charge on any atom is -0.366 e. The SMILES string of the molecule is CN(Cc1nccn1C)c1ccc(Cl)cc1C#N. The topological polar surface area (TPSA) is 44.9 Å². The highest BCUT2D eigenvalue weighted by molar-refractivity contribution is 6.30. The molecule has 0 bridgehead atoms. The Balaban J connectivity index is 2.27. The van der Waals surface area contributed by atoms with Gasteiger partial charge in [0.2, 0.25) is 0 Å². The van der Waals surface area contributed by atoms with Crippen molar-refractivity contribution in [1.29, 1.82) is 5.26 Å². The molecule has 0 unspecified atom stereocenters. The van der Waals surface area contributed by atoms with Crippen LogP contribution in [0.15, 0.2) is 30.6 Å². The average molecular weight is 261 g/mol. The summed E-state index contributed by atoms with van der Waals surface area (Å²) in [7, 11) is 3.88. The summed E-state index contributed by atoms with van der Waals surface area (Å²) in [6.45, 7) is 0.639. The first-order valence-electron chi connectivity index (χ1n) is 5.49. The van der Waals surface area contributed by atoms with Gasteiger partial charge >= 0.3 is 0 Å². The summed E-state index contributed by atoms with van der Waals surface area (Å²) in [5.74, 6) is 0.941. The molecule has 5 heteroatoms. The van der Waals surface area contributed by atoms with Crippen LogP contribution >= 0.6 is 11.6 Å². The fraction of sp³-hybridized carbons (Fsp3) is 0.231. The second kappa shape index (κ2) is 5.11. The monoisotopic (exact) mass is 260 g/mol. The lowest BCUT2D eigenvalue weighted by Crippen LogP contribution is -2.19. The summed E-state index contributed by atoms with van der Waals surface area (Å²) in [4.78, 5) is 6.25. The summed E-state index contributed by atoms with van der Waals surface area (Å²) in [5, 5.41) is 9.69. The Bertz CT molecular complexity index is 597. The molecule has 0 spiro atoms. The third-order valence-electron chi connectivity index (χ3n) is 2.79. The Morgan fingerprint density at radius 3 is 2.89 bits per heavy atom. The second-order valence-electron chi connectivity index (χ2n) is 4.08. The van der Waals surface area contributed by atoms with Crippen LogP contribution in [-0.2, 0) is 13.6 Å². The average Bonchev–Trinajstić information content (AvgIpc) is 2.74. The van der Waals surface area contributed by atoms with Gasteiger partial charge in [-0.3, -0.25) is 0 Å². The van der Waals surface area contributed by atoms with Crippen LogP contribution in [0.4, 0.5) is 5.69 Å². The lowest BCUT2D eigenvalue weighted by molar-refractivity contribution is 0.761. The zero-order valence-electron chi connectivity index (χ0n) is 10.3. The van der Waals surface area contributed by atoms with E-state index < -0.39 is 0 Å². The first kappa shape index (κ1) is 12.5. The van der Waals surface area contributed by atoms with E-state index in [4.69, 9.17) is 16.9 Å². The molecule has 0 aliphatic carbocycles. The number of aromatic nitrogens is 2. The molecule has 0 atom stereocenters. The van der Waals surface area contributed by atoms with Gasteiger partial charge in [-0.1, -0.05) is 11.6 Å². The number of benzene rings is 1. The van der Waals surface area contributed by atoms with Gasteiger partial charge in [0.25, 0.3) is 0 Å². The number of rotatable bonds is 3. The molecule has 0 amide bonds. The Morgan fingerprint density at radius 2 is 2.28 bits per heavy atom. The molecule has 1 aromatic heterocycles. The smallest absolute Gasteiger partial charge is 0.127 e. The molecule has 2 aromatic rings. The van der Waals surface area contributed by atoms with Crippen molar-refractivity contribution in [2.45, 2.75) is 6.54 Å². The van der Waals surface area contributed by atoms with Crippen molar-refractivity contribution < 1.29 is 0 Å². The van der Waals surface area contributed by atoms with Crippen LogP contribution in [-0.4, -0.2) is 16.6 Å². The van der Waals surface area contributed by atoms with Crippen LogP contribution in [0, 0.1) is 11.3 Å². The Labute approximate surface area is 111 Å². The van der Waals surface area contributed by atoms with Crippen molar-refractivity contribution >= 4 is 17.3 Å². The predicted molar refractivity (Wildman–Crippen MR) is 71.5 cm³/mol. The normalized spacial score (nSPS) is 10.1. The molecule has 0 saturated carbocycles. The van der Waals surface area contributed by atoms with Crippen LogP contribution < -0.4 is 4.90 Å². The molecule has 0 aliphatic rings. The third-order valence-corrected chi connectivity index (χ3v) is 3.02. The van der Waals surface area contributed by atoms with Crippen LogP contribution in [0.5, 0.6) is 0 Å². The summed E-state index contributed by atoms with van der Waals surface area (Å²) in [5.41, 5.74) is 1.42. The fourth-order valence-corrected chi connectivity index (χ4v) is 1.95. The van der Waals surface area contributed by atoms with E-state index in [9.17, 15) is 0 Å². The molecular weight excluding hydrogens is 248 g/mol. The quantitative estimate of drug-likeness (QED) is 0.852. The van der Waals surface area contributed by atoms with E-state index in [1.165, 1.54) is 0 Å². The Morgan fingerprint density at radius 1 is 1.50 bits per heavy atom. The molecule has 2 rings (SSSR count).